The molecule has 2 saturated heterocycles. The highest BCUT2D eigenvalue weighted by molar-refractivity contribution is 5.85. The second-order valence-corrected chi connectivity index (χ2v) is 7.50. The van der Waals surface area contributed by atoms with Crippen LogP contribution >= 0.6 is 12.4 Å². The fourth-order valence-corrected chi connectivity index (χ4v) is 4.49. The zero-order valence-corrected chi connectivity index (χ0v) is 16.7. The molecule has 0 spiro atoms. The molecule has 0 saturated carbocycles. The van der Waals surface area contributed by atoms with Gasteiger partial charge in [-0.25, -0.2) is 4.39 Å². The van der Waals surface area contributed by atoms with Crippen LogP contribution in [0.3, 0.4) is 0 Å². The van der Waals surface area contributed by atoms with E-state index in [1.54, 1.807) is 0 Å². The maximum absolute atomic E-state index is 13.3. The number of likely N-dealkylation sites (tertiary alicyclic amines) is 1. The molecule has 6 heteroatoms. The van der Waals surface area contributed by atoms with E-state index in [1.165, 1.54) is 17.7 Å². The van der Waals surface area contributed by atoms with Gasteiger partial charge in [0.1, 0.15) is 5.82 Å². The smallest absolute Gasteiger partial charge is 0.210 e. The van der Waals surface area contributed by atoms with Gasteiger partial charge in [-0.15, -0.1) is 12.4 Å². The van der Waals surface area contributed by atoms with E-state index < -0.39 is 0 Å². The first-order valence-electron chi connectivity index (χ1n) is 9.74. The predicted molar refractivity (Wildman–Crippen MR) is 112 cm³/mol. The van der Waals surface area contributed by atoms with Crippen molar-refractivity contribution in [3.63, 3.8) is 0 Å². The molecule has 2 aliphatic heterocycles. The summed E-state index contributed by atoms with van der Waals surface area (Å²) in [5.74, 6) is -0.216. The molecule has 150 valence electrons. The summed E-state index contributed by atoms with van der Waals surface area (Å²) in [6, 6.07) is 17.7. The summed E-state index contributed by atoms with van der Waals surface area (Å²) in [5.41, 5.74) is 2.34. The molecule has 2 heterocycles. The molecule has 4 nitrogen and oxygen atoms in total. The Hall–Kier alpha value is -2.11. The lowest BCUT2D eigenvalue weighted by Crippen LogP contribution is -2.59. The molecule has 0 N–H and O–H groups in total. The maximum Gasteiger partial charge on any atom is 0.210 e. The summed E-state index contributed by atoms with van der Waals surface area (Å²) < 4.78 is 13.3. The van der Waals surface area contributed by atoms with Crippen LogP contribution in [-0.4, -0.2) is 54.5 Å². The second kappa shape index (κ2) is 9.39. The highest BCUT2D eigenvalue weighted by Gasteiger charge is 2.38. The van der Waals surface area contributed by atoms with Gasteiger partial charge < -0.3 is 9.80 Å². The van der Waals surface area contributed by atoms with Gasteiger partial charge in [0.2, 0.25) is 6.41 Å². The van der Waals surface area contributed by atoms with E-state index in [-0.39, 0.29) is 24.3 Å². The van der Waals surface area contributed by atoms with Crippen LogP contribution < -0.4 is 4.90 Å². The number of carbonyl (C=O) groups is 1. The van der Waals surface area contributed by atoms with Gasteiger partial charge in [0, 0.05) is 37.9 Å². The van der Waals surface area contributed by atoms with Crippen LogP contribution in [0.25, 0.3) is 0 Å². The highest BCUT2D eigenvalue weighted by Crippen LogP contribution is 2.28. The molecule has 2 fully saturated rings. The van der Waals surface area contributed by atoms with Crippen molar-refractivity contribution in [3.8, 4) is 0 Å². The Morgan fingerprint density at radius 1 is 0.964 bits per heavy atom. The Morgan fingerprint density at radius 2 is 1.71 bits per heavy atom. The molecule has 2 aromatic rings. The van der Waals surface area contributed by atoms with Crippen LogP contribution in [0.4, 0.5) is 10.1 Å². The van der Waals surface area contributed by atoms with E-state index >= 15 is 0 Å². The van der Waals surface area contributed by atoms with Crippen LogP contribution in [0.5, 0.6) is 0 Å². The van der Waals surface area contributed by atoms with E-state index in [0.717, 1.165) is 51.1 Å². The molecule has 2 atom stereocenters. The van der Waals surface area contributed by atoms with Crippen molar-refractivity contribution >= 4 is 24.5 Å². The highest BCUT2D eigenvalue weighted by atomic mass is 35.5. The third-order valence-corrected chi connectivity index (χ3v) is 5.88. The molecule has 1 unspecified atom stereocenters. The fraction of sp³-hybridized carbons (Fsp3) is 0.409. The molecular weight excluding hydrogens is 377 g/mol. The molecule has 0 aromatic heterocycles. The summed E-state index contributed by atoms with van der Waals surface area (Å²) in [6.45, 7) is 4.28. The van der Waals surface area contributed by atoms with Crippen molar-refractivity contribution in [3.05, 3.63) is 66.0 Å². The molecule has 0 bridgehead atoms. The molecular formula is C22H27ClFN3O. The van der Waals surface area contributed by atoms with Crippen molar-refractivity contribution in [1.82, 2.24) is 9.80 Å². The SMILES string of the molecule is Cl.O=CN1CCN(c2ccc(F)cc2)CC1[C@@H]1CCCN1Cc1ccccc1. The molecule has 0 aliphatic carbocycles. The van der Waals surface area contributed by atoms with Crippen molar-refractivity contribution in [2.45, 2.75) is 31.5 Å². The van der Waals surface area contributed by atoms with Crippen molar-refractivity contribution in [2.24, 2.45) is 0 Å². The van der Waals surface area contributed by atoms with Crippen LogP contribution in [0.1, 0.15) is 18.4 Å². The minimum atomic E-state index is -0.216. The van der Waals surface area contributed by atoms with Crippen LogP contribution in [0, 0.1) is 5.82 Å². The van der Waals surface area contributed by atoms with Gasteiger partial charge >= 0.3 is 0 Å². The predicted octanol–water partition coefficient (Wildman–Crippen LogP) is 3.56. The molecule has 28 heavy (non-hydrogen) atoms. The first-order chi connectivity index (χ1) is 13.2. The zero-order valence-electron chi connectivity index (χ0n) is 15.9. The molecule has 4 rings (SSSR count). The third kappa shape index (κ3) is 4.47. The summed E-state index contributed by atoms with van der Waals surface area (Å²) >= 11 is 0. The number of carbonyl (C=O) groups excluding carboxylic acids is 1. The van der Waals surface area contributed by atoms with Gasteiger partial charge in [-0.05, 0) is 49.2 Å². The quantitative estimate of drug-likeness (QED) is 0.714. The number of anilines is 1. The fourth-order valence-electron chi connectivity index (χ4n) is 4.49. The summed E-state index contributed by atoms with van der Waals surface area (Å²) in [4.78, 5) is 18.5. The lowest BCUT2D eigenvalue weighted by molar-refractivity contribution is -0.121. The van der Waals surface area contributed by atoms with E-state index in [4.69, 9.17) is 0 Å². The van der Waals surface area contributed by atoms with Gasteiger partial charge in [0.05, 0.1) is 6.04 Å². The molecule has 2 aliphatic rings. The summed E-state index contributed by atoms with van der Waals surface area (Å²) in [7, 11) is 0. The van der Waals surface area contributed by atoms with Crippen LogP contribution in [0.15, 0.2) is 54.6 Å². The topological polar surface area (TPSA) is 26.8 Å². The van der Waals surface area contributed by atoms with Crippen molar-refractivity contribution < 1.29 is 9.18 Å². The van der Waals surface area contributed by atoms with Gasteiger partial charge in [-0.2, -0.15) is 0 Å². The minimum Gasteiger partial charge on any atom is -0.368 e. The first kappa shape index (κ1) is 20.6. The zero-order chi connectivity index (χ0) is 18.6. The average molecular weight is 404 g/mol. The van der Waals surface area contributed by atoms with Crippen molar-refractivity contribution in [1.29, 1.82) is 0 Å². The van der Waals surface area contributed by atoms with E-state index in [1.807, 2.05) is 23.1 Å². The number of hydrogen-bond acceptors (Lipinski definition) is 3. The molecule has 2 aromatic carbocycles. The first-order valence-corrected chi connectivity index (χ1v) is 9.74. The lowest BCUT2D eigenvalue weighted by Gasteiger charge is -2.45. The standard InChI is InChI=1S/C22H26FN3O.ClH/c23-19-8-10-20(11-9-19)24-13-14-26(17-27)22(16-24)21-7-4-12-25(21)15-18-5-2-1-3-6-18;/h1-3,5-6,8-11,17,21-22H,4,7,12-16H2;1H/t21-,22?;/m0./s1. The van der Waals surface area contributed by atoms with Gasteiger partial charge in [0.25, 0.3) is 0 Å². The number of piperazine rings is 1. The third-order valence-electron chi connectivity index (χ3n) is 5.88. The van der Waals surface area contributed by atoms with Gasteiger partial charge in [-0.1, -0.05) is 30.3 Å². The van der Waals surface area contributed by atoms with E-state index in [9.17, 15) is 9.18 Å². The van der Waals surface area contributed by atoms with Gasteiger partial charge in [0.15, 0.2) is 0 Å². The van der Waals surface area contributed by atoms with Crippen LogP contribution in [-0.2, 0) is 11.3 Å². The van der Waals surface area contributed by atoms with E-state index in [2.05, 4.69) is 34.1 Å². The number of benzene rings is 2. The molecule has 1 amide bonds. The number of nitrogens with zero attached hydrogens (tertiary/aromatic N) is 3. The van der Waals surface area contributed by atoms with Gasteiger partial charge in [-0.3, -0.25) is 9.69 Å². The number of halogens is 2. The Bertz CT molecular complexity index is 758. The van der Waals surface area contributed by atoms with Crippen molar-refractivity contribution in [2.75, 3.05) is 31.1 Å². The monoisotopic (exact) mass is 403 g/mol. The Kier molecular flexibility index (Phi) is 6.92. The largest absolute Gasteiger partial charge is 0.368 e. The van der Waals surface area contributed by atoms with Crippen LogP contribution in [0.2, 0.25) is 0 Å². The minimum absolute atomic E-state index is 0. The average Bonchev–Trinajstić information content (AvgIpc) is 3.17. The second-order valence-electron chi connectivity index (χ2n) is 7.50. The number of hydrogen-bond donors (Lipinski definition) is 0. The normalized spacial score (nSPS) is 22.8. The Balaban J connectivity index is 0.00000225. The Labute approximate surface area is 172 Å². The molecule has 0 radical (unpaired) electrons. The lowest BCUT2D eigenvalue weighted by atomic mass is 10.00. The maximum atomic E-state index is 13.3. The number of rotatable bonds is 5. The Morgan fingerprint density at radius 3 is 2.43 bits per heavy atom. The summed E-state index contributed by atoms with van der Waals surface area (Å²) in [5, 5.41) is 0. The van der Waals surface area contributed by atoms with E-state index in [0.29, 0.717) is 12.6 Å². The summed E-state index contributed by atoms with van der Waals surface area (Å²) in [6.07, 6.45) is 3.28. The number of amides is 1.